The number of allylic oxidation sites excluding steroid dienone is 1. The molecule has 0 spiro atoms. The van der Waals surface area contributed by atoms with Gasteiger partial charge in [-0.05, 0) is 77.2 Å². The third kappa shape index (κ3) is 6.87. The van der Waals surface area contributed by atoms with Crippen LogP contribution in [-0.4, -0.2) is 34.4 Å². The fourth-order valence-electron chi connectivity index (χ4n) is 4.81. The second-order valence-corrected chi connectivity index (χ2v) is 12.3. The Morgan fingerprint density at radius 2 is 1.93 bits per heavy atom. The van der Waals surface area contributed by atoms with E-state index >= 15 is 0 Å². The van der Waals surface area contributed by atoms with Crippen LogP contribution >= 0.6 is 39.3 Å². The van der Waals surface area contributed by atoms with Gasteiger partial charge in [0.2, 0.25) is 11.1 Å². The molecule has 1 amide bonds. The molecule has 1 atom stereocenters. The van der Waals surface area contributed by atoms with Gasteiger partial charge in [-0.15, -0.1) is 5.10 Å². The number of nitrogens with zero attached hydrogens (tertiary/aromatic N) is 3. The summed E-state index contributed by atoms with van der Waals surface area (Å²) in [6, 6.07) is 18.7. The van der Waals surface area contributed by atoms with Gasteiger partial charge in [0.15, 0.2) is 11.5 Å². The summed E-state index contributed by atoms with van der Waals surface area (Å²) >= 11 is 11.6. The maximum atomic E-state index is 14.0. The van der Waals surface area contributed by atoms with Crippen molar-refractivity contribution in [3.05, 3.63) is 98.1 Å². The van der Waals surface area contributed by atoms with E-state index in [0.717, 1.165) is 39.7 Å². The molecule has 43 heavy (non-hydrogen) atoms. The van der Waals surface area contributed by atoms with E-state index in [0.29, 0.717) is 51.3 Å². The maximum Gasteiger partial charge on any atom is 0.255 e. The van der Waals surface area contributed by atoms with Crippen molar-refractivity contribution >= 4 is 56.8 Å². The monoisotopic (exact) mass is 681 g/mol. The topological polar surface area (TPSA) is 90.3 Å². The molecule has 0 saturated carbocycles. The Morgan fingerprint density at radius 1 is 1.16 bits per heavy atom. The molecule has 0 radical (unpaired) electrons. The van der Waals surface area contributed by atoms with Crippen LogP contribution in [0.15, 0.2) is 81.6 Å². The largest absolute Gasteiger partial charge is 0.493 e. The van der Waals surface area contributed by atoms with E-state index in [4.69, 9.17) is 31.2 Å². The molecule has 2 heterocycles. The van der Waals surface area contributed by atoms with E-state index in [1.165, 1.54) is 11.8 Å². The Hall–Kier alpha value is -3.47. The summed E-state index contributed by atoms with van der Waals surface area (Å²) < 4.78 is 14.3. The smallest absolute Gasteiger partial charge is 0.255 e. The molecule has 1 aliphatic heterocycles. The fourth-order valence-corrected chi connectivity index (χ4v) is 6.50. The number of aromatic nitrogens is 3. The van der Waals surface area contributed by atoms with Gasteiger partial charge in [-0.25, -0.2) is 4.68 Å². The number of carbonyl (C=O) groups is 1. The number of nitrogens with one attached hydrogen (secondary N) is 2. The summed E-state index contributed by atoms with van der Waals surface area (Å²) in [5.41, 5.74) is 4.67. The van der Waals surface area contributed by atoms with Gasteiger partial charge in [0.1, 0.15) is 6.04 Å². The number of benzene rings is 3. The lowest BCUT2D eigenvalue weighted by molar-refractivity contribution is -0.113. The lowest BCUT2D eigenvalue weighted by Crippen LogP contribution is -2.31. The van der Waals surface area contributed by atoms with E-state index < -0.39 is 6.04 Å². The number of aryl methyl sites for hydroxylation is 1. The average Bonchev–Trinajstić information content (AvgIpc) is 3.40. The van der Waals surface area contributed by atoms with Crippen LogP contribution in [-0.2, 0) is 10.5 Å². The zero-order valence-corrected chi connectivity index (χ0v) is 27.6. The second-order valence-electron chi connectivity index (χ2n) is 10.1. The highest BCUT2D eigenvalue weighted by Gasteiger charge is 2.35. The zero-order chi connectivity index (χ0) is 30.5. The van der Waals surface area contributed by atoms with E-state index in [-0.39, 0.29) is 5.91 Å². The third-order valence-electron chi connectivity index (χ3n) is 7.10. The van der Waals surface area contributed by atoms with Gasteiger partial charge in [-0.2, -0.15) is 4.98 Å². The molecular weight excluding hydrogens is 650 g/mol. The highest BCUT2D eigenvalue weighted by atomic mass is 79.9. The average molecular weight is 683 g/mol. The molecule has 1 aliphatic rings. The number of amides is 1. The van der Waals surface area contributed by atoms with Gasteiger partial charge < -0.3 is 20.1 Å². The molecule has 2 N–H and O–H groups in total. The zero-order valence-electron chi connectivity index (χ0n) is 24.4. The predicted octanol–water partition coefficient (Wildman–Crippen LogP) is 8.41. The lowest BCUT2D eigenvalue weighted by Gasteiger charge is -2.29. The molecule has 1 aromatic heterocycles. The van der Waals surface area contributed by atoms with Crippen LogP contribution < -0.4 is 20.1 Å². The quantitative estimate of drug-likeness (QED) is 0.121. The number of thioether (sulfide) groups is 1. The minimum absolute atomic E-state index is 0.242. The lowest BCUT2D eigenvalue weighted by atomic mass is 9.94. The van der Waals surface area contributed by atoms with Gasteiger partial charge in [-0.3, -0.25) is 4.79 Å². The van der Waals surface area contributed by atoms with E-state index in [2.05, 4.69) is 33.5 Å². The molecule has 0 bridgehead atoms. The van der Waals surface area contributed by atoms with Crippen LogP contribution in [0.4, 0.5) is 11.6 Å². The number of carbonyl (C=O) groups excluding carboxylic acids is 1. The Balaban J connectivity index is 1.56. The van der Waals surface area contributed by atoms with Crippen LogP contribution in [0.2, 0.25) is 5.02 Å². The molecule has 0 aliphatic carbocycles. The maximum absolute atomic E-state index is 14.0. The van der Waals surface area contributed by atoms with Crippen LogP contribution in [0.1, 0.15) is 49.4 Å². The summed E-state index contributed by atoms with van der Waals surface area (Å²) in [5.74, 6) is 2.08. The Labute approximate surface area is 269 Å². The number of halogens is 2. The van der Waals surface area contributed by atoms with Crippen LogP contribution in [0.5, 0.6) is 11.5 Å². The number of hydrogen-bond acceptors (Lipinski definition) is 7. The molecule has 5 rings (SSSR count). The molecular formula is C32H33BrClN5O3S. The number of methoxy groups -OCH3 is 1. The molecule has 8 nitrogen and oxygen atoms in total. The van der Waals surface area contributed by atoms with E-state index in [9.17, 15) is 4.79 Å². The van der Waals surface area contributed by atoms with Crippen molar-refractivity contribution in [1.29, 1.82) is 0 Å². The minimum Gasteiger partial charge on any atom is -0.493 e. The Bertz CT molecular complexity index is 1670. The summed E-state index contributed by atoms with van der Waals surface area (Å²) in [6.45, 7) is 6.53. The first-order chi connectivity index (χ1) is 20.8. The fraction of sp³-hybridized carbons (Fsp3) is 0.281. The van der Waals surface area contributed by atoms with Crippen molar-refractivity contribution in [1.82, 2.24) is 14.8 Å². The van der Waals surface area contributed by atoms with Crippen molar-refractivity contribution in [2.24, 2.45) is 0 Å². The predicted molar refractivity (Wildman–Crippen MR) is 176 cm³/mol. The van der Waals surface area contributed by atoms with Crippen LogP contribution in [0, 0.1) is 6.92 Å². The first-order valence-electron chi connectivity index (χ1n) is 14.0. The van der Waals surface area contributed by atoms with Gasteiger partial charge in [0.25, 0.3) is 5.91 Å². The summed E-state index contributed by atoms with van der Waals surface area (Å²) in [7, 11) is 1.61. The minimum atomic E-state index is -0.600. The van der Waals surface area contributed by atoms with Gasteiger partial charge in [-0.1, -0.05) is 73.1 Å². The van der Waals surface area contributed by atoms with E-state index in [1.54, 1.807) is 11.8 Å². The molecule has 0 fully saturated rings. The Morgan fingerprint density at radius 3 is 2.67 bits per heavy atom. The highest BCUT2D eigenvalue weighted by molar-refractivity contribution is 9.10. The number of anilines is 2. The van der Waals surface area contributed by atoms with E-state index in [1.807, 2.05) is 74.5 Å². The van der Waals surface area contributed by atoms with Crippen LogP contribution in [0.3, 0.4) is 0 Å². The molecule has 224 valence electrons. The van der Waals surface area contributed by atoms with Crippen molar-refractivity contribution in [3.63, 3.8) is 0 Å². The first kappa shape index (κ1) is 31.0. The molecule has 0 saturated heterocycles. The number of para-hydroxylation sites is 1. The SMILES string of the molecule is CCCCOc1c(Br)cc(C2C(C(=O)Nc3ccccc3C)=C(C)Nc3nc(SCc4ccccc4Cl)nn32)cc1OC. The van der Waals surface area contributed by atoms with Gasteiger partial charge >= 0.3 is 0 Å². The Kier molecular flexibility index (Phi) is 10.00. The number of hydrogen-bond donors (Lipinski definition) is 2. The molecule has 4 aromatic rings. The third-order valence-corrected chi connectivity index (χ3v) is 8.94. The summed E-state index contributed by atoms with van der Waals surface area (Å²) in [4.78, 5) is 18.8. The molecule has 3 aromatic carbocycles. The first-order valence-corrected chi connectivity index (χ1v) is 16.1. The van der Waals surface area contributed by atoms with Crippen LogP contribution in [0.25, 0.3) is 0 Å². The van der Waals surface area contributed by atoms with Crippen molar-refractivity contribution in [3.8, 4) is 11.5 Å². The number of ether oxygens (including phenoxy) is 2. The normalized spacial score (nSPS) is 14.2. The molecule has 11 heteroatoms. The van der Waals surface area contributed by atoms with Crippen molar-refractivity contribution in [2.75, 3.05) is 24.4 Å². The standard InChI is InChI=1S/C32H33BrClN5O3S/c1-5-6-15-42-29-23(33)16-22(17-26(29)41-4)28-27(30(40)36-25-14-10-7-11-19(25)2)20(3)35-31-37-32(38-39(28)31)43-18-21-12-8-9-13-24(21)34/h7-14,16-17,28H,5-6,15,18H2,1-4H3,(H,36,40)(H,35,37,38). The number of unbranched alkanes of at least 4 members (excludes halogenated alkanes) is 1. The highest BCUT2D eigenvalue weighted by Crippen LogP contribution is 2.43. The van der Waals surface area contributed by atoms with Gasteiger partial charge in [0.05, 0.1) is 23.8 Å². The van der Waals surface area contributed by atoms with Crippen molar-refractivity contribution < 1.29 is 14.3 Å². The summed E-state index contributed by atoms with van der Waals surface area (Å²) in [5, 5.41) is 12.5. The second kappa shape index (κ2) is 13.9. The molecule has 1 unspecified atom stereocenters. The summed E-state index contributed by atoms with van der Waals surface area (Å²) in [6.07, 6.45) is 1.94. The van der Waals surface area contributed by atoms with Crippen molar-refractivity contribution in [2.45, 2.75) is 50.6 Å². The number of fused-ring (bicyclic) bond motifs is 1. The number of rotatable bonds is 11. The van der Waals surface area contributed by atoms with Gasteiger partial charge in [0, 0.05) is 22.2 Å².